The van der Waals surface area contributed by atoms with E-state index in [9.17, 15) is 4.79 Å². The highest BCUT2D eigenvalue weighted by molar-refractivity contribution is 5.85. The van der Waals surface area contributed by atoms with E-state index in [4.69, 9.17) is 4.52 Å². The molecule has 1 rings (SSSR count). The van der Waals surface area contributed by atoms with Crippen LogP contribution in [-0.2, 0) is 24.2 Å². The molecule has 98 valence electrons. The van der Waals surface area contributed by atoms with Crippen molar-refractivity contribution < 1.29 is 9.32 Å². The fraction of sp³-hybridized carbons (Fsp3) is 0.636. The van der Waals surface area contributed by atoms with Crippen LogP contribution in [0, 0.1) is 0 Å². The molecule has 0 saturated heterocycles. The Labute approximate surface area is 108 Å². The quantitative estimate of drug-likeness (QED) is 0.804. The lowest BCUT2D eigenvalue weighted by molar-refractivity contribution is -0.120. The van der Waals surface area contributed by atoms with Gasteiger partial charge in [-0.2, -0.15) is 0 Å². The zero-order valence-electron chi connectivity index (χ0n) is 10.5. The second-order valence-electron chi connectivity index (χ2n) is 3.55. The summed E-state index contributed by atoms with van der Waals surface area (Å²) in [4.78, 5) is 11.3. The Morgan fingerprint density at radius 2 is 2.06 bits per heavy atom. The molecule has 0 unspecified atom stereocenters. The molecule has 0 aliphatic heterocycles. The molecule has 1 aromatic heterocycles. The third-order valence-corrected chi connectivity index (χ3v) is 2.41. The summed E-state index contributed by atoms with van der Waals surface area (Å²) in [7, 11) is 1.74. The molecule has 1 heterocycles. The van der Waals surface area contributed by atoms with Crippen molar-refractivity contribution in [3.63, 3.8) is 0 Å². The number of aromatic nitrogens is 1. The second kappa shape index (κ2) is 8.08. The van der Waals surface area contributed by atoms with Gasteiger partial charge in [-0.15, -0.1) is 12.4 Å². The lowest BCUT2D eigenvalue weighted by Gasteiger charge is -2.05. The molecule has 0 radical (unpaired) electrons. The predicted octanol–water partition coefficient (Wildman–Crippen LogP) is 1.06. The van der Waals surface area contributed by atoms with Crippen molar-refractivity contribution in [1.82, 2.24) is 15.8 Å². The molecule has 5 nitrogen and oxygen atoms in total. The van der Waals surface area contributed by atoms with Crippen LogP contribution in [0.1, 0.15) is 30.9 Å². The summed E-state index contributed by atoms with van der Waals surface area (Å²) < 4.78 is 5.21. The Morgan fingerprint density at radius 3 is 2.59 bits per heavy atom. The number of hydrogen-bond donors (Lipinski definition) is 2. The molecule has 0 aliphatic rings. The van der Waals surface area contributed by atoms with Crippen LogP contribution in [0.25, 0.3) is 0 Å². The maximum atomic E-state index is 11.3. The molecule has 2 N–H and O–H groups in total. The smallest absolute Gasteiger partial charge is 0.234 e. The minimum Gasteiger partial charge on any atom is -0.361 e. The molecule has 1 aromatic rings. The molecule has 0 aromatic carbocycles. The molecule has 17 heavy (non-hydrogen) atoms. The highest BCUT2D eigenvalue weighted by atomic mass is 35.5. The Balaban J connectivity index is 0.00000256. The lowest BCUT2D eigenvalue weighted by Crippen LogP contribution is -2.32. The highest BCUT2D eigenvalue weighted by Crippen LogP contribution is 2.15. The Morgan fingerprint density at radius 1 is 1.35 bits per heavy atom. The van der Waals surface area contributed by atoms with Crippen LogP contribution in [0.5, 0.6) is 0 Å². The van der Waals surface area contributed by atoms with Crippen LogP contribution in [0.3, 0.4) is 0 Å². The van der Waals surface area contributed by atoms with Gasteiger partial charge in [-0.1, -0.05) is 19.0 Å². The number of carbonyl (C=O) groups excluding carboxylic acids is 1. The zero-order chi connectivity index (χ0) is 12.0. The molecule has 0 atom stereocenters. The normalized spacial score (nSPS) is 9.82. The molecule has 1 amide bonds. The second-order valence-corrected chi connectivity index (χ2v) is 3.55. The first-order valence-electron chi connectivity index (χ1n) is 5.60. The van der Waals surface area contributed by atoms with Crippen LogP contribution in [0.2, 0.25) is 0 Å². The molecule has 0 aliphatic carbocycles. The number of rotatable bonds is 6. The van der Waals surface area contributed by atoms with Gasteiger partial charge in [-0.25, -0.2) is 0 Å². The van der Waals surface area contributed by atoms with Gasteiger partial charge in [0.05, 0.1) is 12.2 Å². The van der Waals surface area contributed by atoms with Crippen LogP contribution >= 0.6 is 12.4 Å². The number of hydrogen-bond acceptors (Lipinski definition) is 4. The van der Waals surface area contributed by atoms with Crippen molar-refractivity contribution in [1.29, 1.82) is 0 Å². The number of carbonyl (C=O) groups is 1. The first-order valence-corrected chi connectivity index (χ1v) is 5.60. The first-order chi connectivity index (χ1) is 7.72. The average molecular weight is 262 g/mol. The molecule has 0 fully saturated rings. The summed E-state index contributed by atoms with van der Waals surface area (Å²) in [5, 5.41) is 9.63. The van der Waals surface area contributed by atoms with Crippen molar-refractivity contribution in [2.75, 3.05) is 13.6 Å². The minimum absolute atomic E-state index is 0. The molecule has 0 saturated carbocycles. The average Bonchev–Trinajstić information content (AvgIpc) is 2.68. The fourth-order valence-electron chi connectivity index (χ4n) is 1.55. The van der Waals surface area contributed by atoms with Crippen molar-refractivity contribution in [2.24, 2.45) is 0 Å². The Hall–Kier alpha value is -1.07. The van der Waals surface area contributed by atoms with Gasteiger partial charge in [0.2, 0.25) is 5.91 Å². The topological polar surface area (TPSA) is 67.2 Å². The maximum Gasteiger partial charge on any atom is 0.234 e. The van der Waals surface area contributed by atoms with Gasteiger partial charge in [-0.3, -0.25) is 4.79 Å². The van der Waals surface area contributed by atoms with E-state index in [1.165, 1.54) is 0 Å². The van der Waals surface area contributed by atoms with Gasteiger partial charge in [0.15, 0.2) is 0 Å². The van der Waals surface area contributed by atoms with Gasteiger partial charge in [0.25, 0.3) is 0 Å². The summed E-state index contributed by atoms with van der Waals surface area (Å²) in [6.45, 7) is 4.86. The van der Waals surface area contributed by atoms with Gasteiger partial charge >= 0.3 is 0 Å². The van der Waals surface area contributed by atoms with Crippen molar-refractivity contribution in [3.8, 4) is 0 Å². The SMILES string of the molecule is CCc1noc(CC)c1CNC(=O)CNC.Cl. The van der Waals surface area contributed by atoms with Gasteiger partial charge in [-0.05, 0) is 13.5 Å². The van der Waals surface area contributed by atoms with Crippen molar-refractivity contribution >= 4 is 18.3 Å². The van der Waals surface area contributed by atoms with Crippen LogP contribution in [0.4, 0.5) is 0 Å². The first kappa shape index (κ1) is 15.9. The minimum atomic E-state index is -0.0205. The maximum absolute atomic E-state index is 11.3. The van der Waals surface area contributed by atoms with E-state index >= 15 is 0 Å². The van der Waals surface area contributed by atoms with Crippen LogP contribution < -0.4 is 10.6 Å². The van der Waals surface area contributed by atoms with Crippen LogP contribution in [0.15, 0.2) is 4.52 Å². The highest BCUT2D eigenvalue weighted by Gasteiger charge is 2.13. The number of nitrogens with one attached hydrogen (secondary N) is 2. The lowest BCUT2D eigenvalue weighted by atomic mass is 10.1. The fourth-order valence-corrected chi connectivity index (χ4v) is 1.55. The van der Waals surface area contributed by atoms with E-state index in [-0.39, 0.29) is 18.3 Å². The van der Waals surface area contributed by atoms with Gasteiger partial charge in [0.1, 0.15) is 5.76 Å². The summed E-state index contributed by atoms with van der Waals surface area (Å²) in [5.74, 6) is 0.842. The summed E-state index contributed by atoms with van der Waals surface area (Å²) in [6, 6.07) is 0. The third-order valence-electron chi connectivity index (χ3n) is 2.41. The van der Waals surface area contributed by atoms with E-state index in [0.717, 1.165) is 29.9 Å². The van der Waals surface area contributed by atoms with E-state index in [1.54, 1.807) is 7.05 Å². The molecular weight excluding hydrogens is 242 g/mol. The number of likely N-dealkylation sites (N-methyl/N-ethyl adjacent to an activating group) is 1. The molecular formula is C11H20ClN3O2. The van der Waals surface area contributed by atoms with E-state index in [1.807, 2.05) is 13.8 Å². The molecule has 0 bridgehead atoms. The zero-order valence-corrected chi connectivity index (χ0v) is 11.3. The number of nitrogens with zero attached hydrogens (tertiary/aromatic N) is 1. The summed E-state index contributed by atoms with van der Waals surface area (Å²) in [6.07, 6.45) is 1.62. The standard InChI is InChI=1S/C11H19N3O2.ClH/c1-4-9-8(10(5-2)16-14-9)6-13-11(15)7-12-3;/h12H,4-7H2,1-3H3,(H,13,15);1H. The van der Waals surface area contributed by atoms with E-state index in [0.29, 0.717) is 13.1 Å². The third kappa shape index (κ3) is 4.36. The summed E-state index contributed by atoms with van der Waals surface area (Å²) in [5.41, 5.74) is 1.95. The number of halogens is 1. The Bertz CT molecular complexity index is 331. The van der Waals surface area contributed by atoms with Gasteiger partial charge in [0, 0.05) is 18.5 Å². The summed E-state index contributed by atoms with van der Waals surface area (Å²) >= 11 is 0. The van der Waals surface area contributed by atoms with Crippen molar-refractivity contribution in [3.05, 3.63) is 17.0 Å². The largest absolute Gasteiger partial charge is 0.361 e. The molecule has 0 spiro atoms. The Kier molecular flexibility index (Phi) is 7.58. The van der Waals surface area contributed by atoms with Crippen LogP contribution in [-0.4, -0.2) is 24.7 Å². The number of aryl methyl sites for hydroxylation is 2. The van der Waals surface area contributed by atoms with E-state index in [2.05, 4.69) is 15.8 Å². The van der Waals surface area contributed by atoms with Crippen molar-refractivity contribution in [2.45, 2.75) is 33.2 Å². The van der Waals surface area contributed by atoms with Gasteiger partial charge < -0.3 is 15.2 Å². The monoisotopic (exact) mass is 261 g/mol. The predicted molar refractivity (Wildman–Crippen MR) is 68.3 cm³/mol. The molecule has 6 heteroatoms. The van der Waals surface area contributed by atoms with E-state index < -0.39 is 0 Å². The number of amides is 1.